The molecule has 39 heavy (non-hydrogen) atoms. The first-order chi connectivity index (χ1) is 19.1. The van der Waals surface area contributed by atoms with Gasteiger partial charge in [0, 0.05) is 42.6 Å². The van der Waals surface area contributed by atoms with Gasteiger partial charge in [-0.2, -0.15) is 0 Å². The van der Waals surface area contributed by atoms with E-state index >= 15 is 0 Å². The molecule has 6 aromatic rings. The molecule has 1 aliphatic heterocycles. The van der Waals surface area contributed by atoms with Crippen molar-refractivity contribution < 1.29 is 20.1 Å². The molecule has 0 aliphatic carbocycles. The van der Waals surface area contributed by atoms with Gasteiger partial charge in [0.15, 0.2) is 6.29 Å². The molecule has 0 radical (unpaired) electrons. The van der Waals surface area contributed by atoms with E-state index in [1.807, 2.05) is 68.0 Å². The number of rotatable bonds is 6. The smallest absolute Gasteiger partial charge is 0.157 e. The second kappa shape index (κ2) is 12.3. The Labute approximate surface area is 250 Å². The van der Waals surface area contributed by atoms with Crippen LogP contribution >= 0.6 is 68.0 Å². The second-order valence-electron chi connectivity index (χ2n) is 8.70. The van der Waals surface area contributed by atoms with Gasteiger partial charge in [0.25, 0.3) is 0 Å². The topological polar surface area (TPSA) is 69.9 Å². The molecule has 4 nitrogen and oxygen atoms in total. The van der Waals surface area contributed by atoms with Crippen molar-refractivity contribution in [3.05, 3.63) is 81.5 Å². The SMILES string of the molecule is OC[C@H]1OC(O)C[C@@H]1O.c1csc(-c2ccsc2-c2sc(-c3cccs3)c(-c3cccs3)c2-c2cccs2)c1. The first-order valence-electron chi connectivity index (χ1n) is 12.2. The average molecular weight is 629 g/mol. The molecular weight excluding hydrogens is 605 g/mol. The lowest BCUT2D eigenvalue weighted by Crippen LogP contribution is -2.24. The Balaban J connectivity index is 0.000000263. The Bertz CT molecular complexity index is 1580. The molecule has 1 unspecified atom stereocenters. The van der Waals surface area contributed by atoms with Crippen LogP contribution in [0.1, 0.15) is 6.42 Å². The van der Waals surface area contributed by atoms with E-state index in [2.05, 4.69) is 86.2 Å². The number of ether oxygens (including phenoxy) is 1. The summed E-state index contributed by atoms with van der Waals surface area (Å²) in [6.45, 7) is -0.238. The Morgan fingerprint density at radius 3 is 1.69 bits per heavy atom. The van der Waals surface area contributed by atoms with Crippen LogP contribution in [0.4, 0.5) is 0 Å². The van der Waals surface area contributed by atoms with Crippen LogP contribution < -0.4 is 0 Å². The van der Waals surface area contributed by atoms with E-state index in [0.717, 1.165) is 0 Å². The Kier molecular flexibility index (Phi) is 8.57. The minimum absolute atomic E-state index is 0.200. The van der Waals surface area contributed by atoms with Crippen molar-refractivity contribution in [3.63, 3.8) is 0 Å². The maximum Gasteiger partial charge on any atom is 0.157 e. The third-order valence-electron chi connectivity index (χ3n) is 6.23. The van der Waals surface area contributed by atoms with E-state index in [4.69, 9.17) is 15.3 Å². The summed E-state index contributed by atoms with van der Waals surface area (Å²) >= 11 is 11.1. The minimum Gasteiger partial charge on any atom is -0.394 e. The van der Waals surface area contributed by atoms with Crippen LogP contribution in [0.2, 0.25) is 0 Å². The average Bonchev–Trinajstić information content (AvgIpc) is 3.78. The van der Waals surface area contributed by atoms with Gasteiger partial charge in [-0.1, -0.05) is 24.3 Å². The number of aliphatic hydroxyl groups is 3. The summed E-state index contributed by atoms with van der Waals surface area (Å²) in [6, 6.07) is 19.9. The van der Waals surface area contributed by atoms with Crippen LogP contribution in [0.5, 0.6) is 0 Å². The lowest BCUT2D eigenvalue weighted by atomic mass is 10.0. The highest BCUT2D eigenvalue weighted by Crippen LogP contribution is 2.56. The predicted molar refractivity (Wildman–Crippen MR) is 169 cm³/mol. The van der Waals surface area contributed by atoms with Crippen molar-refractivity contribution in [3.8, 4) is 50.8 Å². The Morgan fingerprint density at radius 1 is 0.641 bits per heavy atom. The predicted octanol–water partition coefficient (Wildman–Crippen LogP) is 8.84. The fourth-order valence-corrected chi connectivity index (χ4v) is 10.3. The summed E-state index contributed by atoms with van der Waals surface area (Å²) in [5.74, 6) is 0. The van der Waals surface area contributed by atoms with Crippen LogP contribution in [0.15, 0.2) is 81.5 Å². The van der Waals surface area contributed by atoms with Crippen molar-refractivity contribution in [2.75, 3.05) is 6.61 Å². The van der Waals surface area contributed by atoms with E-state index in [1.54, 1.807) is 0 Å². The molecule has 7 heterocycles. The zero-order valence-corrected chi connectivity index (χ0v) is 25.3. The van der Waals surface area contributed by atoms with Gasteiger partial charge < -0.3 is 20.1 Å². The first-order valence-corrected chi connectivity index (χ1v) is 17.4. The molecule has 1 fully saturated rings. The van der Waals surface area contributed by atoms with E-state index < -0.39 is 18.5 Å². The summed E-state index contributed by atoms with van der Waals surface area (Å²) < 4.78 is 4.68. The van der Waals surface area contributed by atoms with Gasteiger partial charge in [0.1, 0.15) is 6.10 Å². The van der Waals surface area contributed by atoms with Gasteiger partial charge in [-0.3, -0.25) is 0 Å². The minimum atomic E-state index is -0.905. The monoisotopic (exact) mass is 628 g/mol. The fraction of sp³-hybridized carbons (Fsp3) is 0.172. The molecule has 0 amide bonds. The maximum absolute atomic E-state index is 8.91. The molecule has 0 spiro atoms. The summed E-state index contributed by atoms with van der Waals surface area (Å²) in [7, 11) is 0. The zero-order chi connectivity index (χ0) is 26.8. The fourth-order valence-electron chi connectivity index (χ4n) is 4.47. The molecule has 1 aliphatic rings. The van der Waals surface area contributed by atoms with E-state index in [-0.39, 0.29) is 13.0 Å². The van der Waals surface area contributed by atoms with Crippen molar-refractivity contribution >= 4 is 68.0 Å². The van der Waals surface area contributed by atoms with Gasteiger partial charge in [-0.15, -0.1) is 68.0 Å². The first kappa shape index (κ1) is 27.2. The summed E-state index contributed by atoms with van der Waals surface area (Å²) in [4.78, 5) is 9.54. The van der Waals surface area contributed by atoms with Crippen molar-refractivity contribution in [2.24, 2.45) is 0 Å². The highest BCUT2D eigenvalue weighted by molar-refractivity contribution is 7.28. The van der Waals surface area contributed by atoms with E-state index in [9.17, 15) is 0 Å². The molecule has 0 bridgehead atoms. The van der Waals surface area contributed by atoms with Gasteiger partial charge in [0.2, 0.25) is 0 Å². The van der Waals surface area contributed by atoms with Gasteiger partial charge in [-0.25, -0.2) is 0 Å². The molecule has 3 N–H and O–H groups in total. The molecular formula is C29H24O4S6. The van der Waals surface area contributed by atoms with Gasteiger partial charge in [-0.05, 0) is 57.2 Å². The lowest BCUT2D eigenvalue weighted by molar-refractivity contribution is -0.107. The molecule has 0 aromatic carbocycles. The number of thiophene rings is 6. The molecule has 7 rings (SSSR count). The summed E-state index contributed by atoms with van der Waals surface area (Å²) in [5.41, 5.74) is 4.13. The second-order valence-corrected chi connectivity index (χ2v) is 14.4. The van der Waals surface area contributed by atoms with Crippen molar-refractivity contribution in [2.45, 2.75) is 24.9 Å². The third-order valence-corrected chi connectivity index (χ3v) is 12.2. The van der Waals surface area contributed by atoms with E-state index in [1.165, 1.54) is 50.8 Å². The number of hydrogen-bond donors (Lipinski definition) is 3. The number of hydrogen-bond acceptors (Lipinski definition) is 10. The maximum atomic E-state index is 8.91. The largest absolute Gasteiger partial charge is 0.394 e. The molecule has 1 saturated heterocycles. The molecule has 6 aromatic heterocycles. The molecule has 0 saturated carbocycles. The van der Waals surface area contributed by atoms with Gasteiger partial charge in [0.05, 0.1) is 27.3 Å². The molecule has 3 atom stereocenters. The standard InChI is InChI=1S/C24H14S6.C5H10O4/c1-5-16(25-10-1)15-9-14-29-22(15)24-21(18-7-3-12-27-18)20(17-6-2-11-26-17)23(30-24)19-8-4-13-28-19;6-2-4-3(7)1-5(8)9-4/h1-14H;3-8H,1-2H2/t;3-,4+,5?/m.0/s1. The zero-order valence-electron chi connectivity index (χ0n) is 20.4. The van der Waals surface area contributed by atoms with Crippen LogP contribution in [0, 0.1) is 0 Å². The van der Waals surface area contributed by atoms with E-state index in [0.29, 0.717) is 0 Å². The molecule has 200 valence electrons. The lowest BCUT2D eigenvalue weighted by Gasteiger charge is -2.08. The van der Waals surface area contributed by atoms with Crippen LogP contribution in [-0.2, 0) is 4.74 Å². The van der Waals surface area contributed by atoms with Crippen molar-refractivity contribution in [1.82, 2.24) is 0 Å². The van der Waals surface area contributed by atoms with Gasteiger partial charge >= 0.3 is 0 Å². The summed E-state index contributed by atoms with van der Waals surface area (Å²) in [5, 5.41) is 37.0. The number of aliphatic hydroxyl groups excluding tert-OH is 3. The quantitative estimate of drug-likeness (QED) is 0.172. The Hall–Kier alpha value is -1.96. The van der Waals surface area contributed by atoms with Crippen LogP contribution in [-0.4, -0.2) is 40.4 Å². The molecule has 10 heteroatoms. The van der Waals surface area contributed by atoms with Crippen LogP contribution in [0.25, 0.3) is 50.8 Å². The summed E-state index contributed by atoms with van der Waals surface area (Å²) in [6.07, 6.45) is -2.02. The Morgan fingerprint density at radius 2 is 1.21 bits per heavy atom. The van der Waals surface area contributed by atoms with Crippen LogP contribution in [0.3, 0.4) is 0 Å². The highest BCUT2D eigenvalue weighted by Gasteiger charge is 2.31. The normalized spacial score (nSPS) is 18.8. The van der Waals surface area contributed by atoms with Crippen molar-refractivity contribution in [1.29, 1.82) is 0 Å². The highest BCUT2D eigenvalue weighted by atomic mass is 32.1. The third kappa shape index (κ3) is 5.64.